The van der Waals surface area contributed by atoms with Gasteiger partial charge < -0.3 is 27.0 Å². The maximum absolute atomic E-state index is 11.4. The van der Waals surface area contributed by atoms with Crippen molar-refractivity contribution in [3.8, 4) is 5.75 Å². The number of nitrogens with one attached hydrogen (secondary N) is 1. The van der Waals surface area contributed by atoms with E-state index in [1.54, 1.807) is 42.5 Å². The van der Waals surface area contributed by atoms with Gasteiger partial charge in [0.1, 0.15) is 5.75 Å². The minimum absolute atomic E-state index is 0.0826. The van der Waals surface area contributed by atoms with Crippen molar-refractivity contribution in [1.82, 2.24) is 5.32 Å². The molecule has 0 heterocycles. The summed E-state index contributed by atoms with van der Waals surface area (Å²) < 4.78 is 0. The number of hydrogen-bond donors (Lipinski definition) is 5. The lowest BCUT2D eigenvalue weighted by molar-refractivity contribution is -0.136. The molecule has 0 saturated carbocycles. The van der Waals surface area contributed by atoms with E-state index in [1.807, 2.05) is 20.8 Å². The van der Waals surface area contributed by atoms with Gasteiger partial charge in [0.25, 0.3) is 5.91 Å². The van der Waals surface area contributed by atoms with Gasteiger partial charge in [0, 0.05) is 23.5 Å². The summed E-state index contributed by atoms with van der Waals surface area (Å²) in [6.07, 6.45) is 0.734. The number of carboxylic acid groups (broad SMARTS) is 1. The summed E-state index contributed by atoms with van der Waals surface area (Å²) >= 11 is 0. The number of rotatable bonds is 5. The topological polar surface area (TPSA) is 139 Å². The first kappa shape index (κ1) is 23.8. The number of carbonyl (C=O) groups excluding carboxylic acids is 1. The van der Waals surface area contributed by atoms with Gasteiger partial charge in [-0.2, -0.15) is 0 Å². The van der Waals surface area contributed by atoms with E-state index in [2.05, 4.69) is 5.32 Å². The normalized spacial score (nSPS) is 9.15. The fourth-order valence-electron chi connectivity index (χ4n) is 1.91. The highest BCUT2D eigenvalue weighted by Crippen LogP contribution is 2.19. The maximum atomic E-state index is 11.4. The summed E-state index contributed by atoms with van der Waals surface area (Å²) in [5.41, 5.74) is 13.6. The first-order chi connectivity index (χ1) is 12.8. The van der Waals surface area contributed by atoms with E-state index in [-0.39, 0.29) is 18.9 Å². The molecule has 7 heteroatoms. The van der Waals surface area contributed by atoms with Crippen LogP contribution in [-0.2, 0) is 11.2 Å². The molecule has 2 aromatic carbocycles. The second-order valence-corrected chi connectivity index (χ2v) is 5.26. The molecule has 2 rings (SSSR count). The van der Waals surface area contributed by atoms with Crippen molar-refractivity contribution in [2.24, 2.45) is 0 Å². The number of carbonyl (C=O) groups is 2. The molecule has 0 radical (unpaired) electrons. The van der Waals surface area contributed by atoms with Crippen LogP contribution in [0, 0.1) is 0 Å². The Morgan fingerprint density at radius 2 is 1.56 bits per heavy atom. The van der Waals surface area contributed by atoms with Gasteiger partial charge in [-0.1, -0.05) is 20.8 Å². The van der Waals surface area contributed by atoms with Crippen molar-refractivity contribution >= 4 is 23.3 Å². The van der Waals surface area contributed by atoms with E-state index < -0.39 is 5.97 Å². The third kappa shape index (κ3) is 9.74. The average Bonchev–Trinajstić information content (AvgIpc) is 2.66. The molecule has 0 fully saturated rings. The van der Waals surface area contributed by atoms with Gasteiger partial charge in [-0.15, -0.1) is 0 Å². The molecule has 2 aromatic rings. The molecular weight excluding hydrogens is 346 g/mol. The number of aryl methyl sites for hydroxylation is 1. The van der Waals surface area contributed by atoms with Crippen LogP contribution in [0.3, 0.4) is 0 Å². The fraction of sp³-hybridized carbons (Fsp3) is 0.300. The van der Waals surface area contributed by atoms with Crippen molar-refractivity contribution in [2.75, 3.05) is 18.0 Å². The molecular formula is C20H29N3O4. The molecule has 27 heavy (non-hydrogen) atoms. The smallest absolute Gasteiger partial charge is 0.305 e. The lowest BCUT2D eigenvalue weighted by Gasteiger charge is -2.03. The number of aliphatic carboxylic acids is 1. The lowest BCUT2D eigenvalue weighted by Crippen LogP contribution is -2.25. The number of hydrogen-bond acceptors (Lipinski definition) is 5. The summed E-state index contributed by atoms with van der Waals surface area (Å²) in [5, 5.41) is 20.0. The number of phenolic OH excluding ortho intramolecular Hbond substituents is 1. The van der Waals surface area contributed by atoms with E-state index in [9.17, 15) is 14.7 Å². The second kappa shape index (κ2) is 13.0. The molecule has 1 amide bonds. The van der Waals surface area contributed by atoms with E-state index in [0.29, 0.717) is 22.7 Å². The number of amides is 1. The van der Waals surface area contributed by atoms with E-state index in [1.165, 1.54) is 0 Å². The van der Waals surface area contributed by atoms with Gasteiger partial charge in [-0.05, 0) is 54.4 Å². The SMILES string of the molecule is CC.CCc1cc(N)ccc1O.Nc1ccc(C(=O)NCCC(=O)O)cc1. The number of nitrogens with two attached hydrogens (primary N) is 2. The van der Waals surface area contributed by atoms with E-state index in [4.69, 9.17) is 16.6 Å². The zero-order valence-electron chi connectivity index (χ0n) is 16.0. The summed E-state index contributed by atoms with van der Waals surface area (Å²) in [4.78, 5) is 21.6. The van der Waals surface area contributed by atoms with Crippen molar-refractivity contribution in [1.29, 1.82) is 0 Å². The molecule has 0 aliphatic heterocycles. The third-order valence-electron chi connectivity index (χ3n) is 3.28. The highest BCUT2D eigenvalue weighted by molar-refractivity contribution is 5.94. The van der Waals surface area contributed by atoms with Crippen LogP contribution in [0.5, 0.6) is 5.75 Å². The first-order valence-corrected chi connectivity index (χ1v) is 8.76. The van der Waals surface area contributed by atoms with Crippen LogP contribution in [0.15, 0.2) is 42.5 Å². The van der Waals surface area contributed by atoms with Crippen molar-refractivity contribution in [3.05, 3.63) is 53.6 Å². The molecule has 0 aliphatic carbocycles. The Bertz CT molecular complexity index is 716. The maximum Gasteiger partial charge on any atom is 0.305 e. The Morgan fingerprint density at radius 3 is 2.04 bits per heavy atom. The monoisotopic (exact) mass is 375 g/mol. The summed E-state index contributed by atoms with van der Waals surface area (Å²) in [6, 6.07) is 11.5. The molecule has 0 aromatic heterocycles. The predicted molar refractivity (Wildman–Crippen MR) is 109 cm³/mol. The van der Waals surface area contributed by atoms with Gasteiger partial charge in [0.2, 0.25) is 0 Å². The molecule has 0 bridgehead atoms. The number of phenols is 1. The molecule has 148 valence electrons. The van der Waals surface area contributed by atoms with Crippen LogP contribution in [0.2, 0.25) is 0 Å². The van der Waals surface area contributed by atoms with Crippen molar-refractivity contribution < 1.29 is 19.8 Å². The first-order valence-electron chi connectivity index (χ1n) is 8.76. The van der Waals surface area contributed by atoms with E-state index >= 15 is 0 Å². The van der Waals surface area contributed by atoms with Gasteiger partial charge in [-0.3, -0.25) is 9.59 Å². The Labute approximate surface area is 160 Å². The zero-order chi connectivity index (χ0) is 20.8. The molecule has 0 saturated heterocycles. The van der Waals surface area contributed by atoms with Gasteiger partial charge in [-0.25, -0.2) is 0 Å². The van der Waals surface area contributed by atoms with Crippen molar-refractivity contribution in [2.45, 2.75) is 33.6 Å². The molecule has 0 spiro atoms. The molecule has 7 N–H and O–H groups in total. The highest BCUT2D eigenvalue weighted by atomic mass is 16.4. The Balaban J connectivity index is 0.000000488. The third-order valence-corrected chi connectivity index (χ3v) is 3.28. The number of nitrogen functional groups attached to an aromatic ring is 2. The second-order valence-electron chi connectivity index (χ2n) is 5.26. The number of aromatic hydroxyl groups is 1. The molecule has 0 atom stereocenters. The number of carboxylic acids is 1. The summed E-state index contributed by atoms with van der Waals surface area (Å²) in [7, 11) is 0. The standard InChI is InChI=1S/C10H12N2O3.C8H11NO.C2H6/c11-8-3-1-7(2-4-8)10(15)12-6-5-9(13)14;1-2-6-5-7(9)3-4-8(6)10;1-2/h1-4H,5-6,11H2,(H,12,15)(H,13,14);3-5,10H,2,9H2,1H3;1-2H3. The highest BCUT2D eigenvalue weighted by Gasteiger charge is 2.05. The molecule has 0 unspecified atom stereocenters. The van der Waals surface area contributed by atoms with Crippen LogP contribution >= 0.6 is 0 Å². The van der Waals surface area contributed by atoms with Crippen LogP contribution < -0.4 is 16.8 Å². The Kier molecular flexibility index (Phi) is 11.5. The zero-order valence-corrected chi connectivity index (χ0v) is 16.0. The van der Waals surface area contributed by atoms with Gasteiger partial charge >= 0.3 is 5.97 Å². The van der Waals surface area contributed by atoms with Crippen LogP contribution in [0.1, 0.15) is 43.1 Å². The average molecular weight is 375 g/mol. The summed E-state index contributed by atoms with van der Waals surface area (Å²) in [5.74, 6) is -0.902. The fourth-order valence-corrected chi connectivity index (χ4v) is 1.91. The number of anilines is 2. The minimum atomic E-state index is -0.937. The summed E-state index contributed by atoms with van der Waals surface area (Å²) in [6.45, 7) is 6.10. The Hall–Kier alpha value is -3.22. The van der Waals surface area contributed by atoms with Gasteiger partial charge in [0.05, 0.1) is 6.42 Å². The lowest BCUT2D eigenvalue weighted by atomic mass is 10.1. The van der Waals surface area contributed by atoms with Crippen LogP contribution in [-0.4, -0.2) is 28.6 Å². The van der Waals surface area contributed by atoms with Crippen molar-refractivity contribution in [3.63, 3.8) is 0 Å². The molecule has 7 nitrogen and oxygen atoms in total. The molecule has 0 aliphatic rings. The van der Waals surface area contributed by atoms with Crippen LogP contribution in [0.4, 0.5) is 11.4 Å². The number of benzene rings is 2. The largest absolute Gasteiger partial charge is 0.508 e. The predicted octanol–water partition coefficient (Wildman–Crippen LogP) is 3.04. The minimum Gasteiger partial charge on any atom is -0.508 e. The van der Waals surface area contributed by atoms with Crippen LogP contribution in [0.25, 0.3) is 0 Å². The van der Waals surface area contributed by atoms with E-state index in [0.717, 1.165) is 12.0 Å². The Morgan fingerprint density at radius 1 is 1.00 bits per heavy atom. The van der Waals surface area contributed by atoms with Gasteiger partial charge in [0.15, 0.2) is 0 Å². The quantitative estimate of drug-likeness (QED) is 0.402.